The minimum Gasteiger partial charge on any atom is -0.502 e. The molecular formula is C11H14FNO2. The van der Waals surface area contributed by atoms with Crippen molar-refractivity contribution in [2.45, 2.75) is 18.3 Å². The standard InChI is InChI=1S/C11H14FNO2/c1-15-10-7(11(6-13)4-5-11)2-3-8(12)9(10)14/h2-3,14H,4-6,13H2,1H3. The lowest BCUT2D eigenvalue weighted by Gasteiger charge is -2.17. The molecule has 1 aliphatic rings. The summed E-state index contributed by atoms with van der Waals surface area (Å²) in [5.41, 5.74) is 6.38. The van der Waals surface area contributed by atoms with Crippen molar-refractivity contribution in [1.29, 1.82) is 0 Å². The zero-order chi connectivity index (χ0) is 11.1. The van der Waals surface area contributed by atoms with Crippen LogP contribution in [0.15, 0.2) is 12.1 Å². The Bertz CT molecular complexity index is 388. The first-order valence-corrected chi connectivity index (χ1v) is 4.90. The summed E-state index contributed by atoms with van der Waals surface area (Å²) in [5.74, 6) is -0.865. The molecule has 15 heavy (non-hydrogen) atoms. The van der Waals surface area contributed by atoms with Crippen molar-refractivity contribution >= 4 is 0 Å². The molecule has 0 unspecified atom stereocenters. The van der Waals surface area contributed by atoms with Crippen molar-refractivity contribution < 1.29 is 14.2 Å². The molecule has 0 aromatic heterocycles. The van der Waals surface area contributed by atoms with Crippen LogP contribution in [0.5, 0.6) is 11.5 Å². The molecule has 1 aromatic rings. The van der Waals surface area contributed by atoms with E-state index in [4.69, 9.17) is 10.5 Å². The minimum absolute atomic E-state index is 0.115. The van der Waals surface area contributed by atoms with Gasteiger partial charge in [0.1, 0.15) is 0 Å². The third-order valence-corrected chi connectivity index (χ3v) is 3.10. The second-order valence-corrected chi connectivity index (χ2v) is 3.96. The van der Waals surface area contributed by atoms with E-state index in [2.05, 4.69) is 0 Å². The molecule has 4 heteroatoms. The summed E-state index contributed by atoms with van der Waals surface area (Å²) in [4.78, 5) is 0. The van der Waals surface area contributed by atoms with Crippen molar-refractivity contribution in [3.8, 4) is 11.5 Å². The Hall–Kier alpha value is -1.29. The summed E-state index contributed by atoms with van der Waals surface area (Å²) in [7, 11) is 1.42. The molecule has 0 atom stereocenters. The Labute approximate surface area is 87.7 Å². The predicted molar refractivity (Wildman–Crippen MR) is 54.6 cm³/mol. The minimum atomic E-state index is -0.663. The monoisotopic (exact) mass is 211 g/mol. The first-order valence-electron chi connectivity index (χ1n) is 4.90. The zero-order valence-electron chi connectivity index (χ0n) is 8.59. The largest absolute Gasteiger partial charge is 0.502 e. The number of benzene rings is 1. The van der Waals surface area contributed by atoms with Crippen LogP contribution in [0.25, 0.3) is 0 Å². The summed E-state index contributed by atoms with van der Waals surface area (Å²) in [5, 5.41) is 9.52. The van der Waals surface area contributed by atoms with Gasteiger partial charge in [0.15, 0.2) is 17.3 Å². The van der Waals surface area contributed by atoms with Gasteiger partial charge in [-0.3, -0.25) is 0 Å². The van der Waals surface area contributed by atoms with Gasteiger partial charge in [-0.05, 0) is 18.9 Å². The number of nitrogens with two attached hydrogens (primary N) is 1. The molecule has 3 N–H and O–H groups in total. The predicted octanol–water partition coefficient (Wildman–Crippen LogP) is 1.53. The van der Waals surface area contributed by atoms with E-state index in [1.807, 2.05) is 0 Å². The number of ether oxygens (including phenoxy) is 1. The number of hydrogen-bond acceptors (Lipinski definition) is 3. The van der Waals surface area contributed by atoms with Gasteiger partial charge in [0.05, 0.1) is 7.11 Å². The molecule has 0 amide bonds. The van der Waals surface area contributed by atoms with E-state index in [0.717, 1.165) is 18.4 Å². The van der Waals surface area contributed by atoms with E-state index in [0.29, 0.717) is 6.54 Å². The molecule has 0 heterocycles. The van der Waals surface area contributed by atoms with Crippen LogP contribution < -0.4 is 10.5 Å². The lowest BCUT2D eigenvalue weighted by Crippen LogP contribution is -2.20. The second kappa shape index (κ2) is 3.38. The second-order valence-electron chi connectivity index (χ2n) is 3.96. The fourth-order valence-electron chi connectivity index (χ4n) is 1.91. The van der Waals surface area contributed by atoms with Crippen LogP contribution in [0.1, 0.15) is 18.4 Å². The average Bonchev–Trinajstić information content (AvgIpc) is 3.02. The van der Waals surface area contributed by atoms with E-state index < -0.39 is 11.6 Å². The summed E-state index contributed by atoms with van der Waals surface area (Å²) >= 11 is 0. The molecule has 1 saturated carbocycles. The van der Waals surface area contributed by atoms with Gasteiger partial charge in [-0.25, -0.2) is 4.39 Å². The van der Waals surface area contributed by atoms with Gasteiger partial charge in [-0.2, -0.15) is 0 Å². The van der Waals surface area contributed by atoms with Crippen LogP contribution in [0.3, 0.4) is 0 Å². The van der Waals surface area contributed by atoms with E-state index in [1.54, 1.807) is 6.07 Å². The number of methoxy groups -OCH3 is 1. The number of rotatable bonds is 3. The van der Waals surface area contributed by atoms with Gasteiger partial charge < -0.3 is 15.6 Å². The Morgan fingerprint density at radius 2 is 2.20 bits per heavy atom. The quantitative estimate of drug-likeness (QED) is 0.797. The van der Waals surface area contributed by atoms with Crippen LogP contribution >= 0.6 is 0 Å². The van der Waals surface area contributed by atoms with Crippen molar-refractivity contribution in [2.24, 2.45) is 5.73 Å². The highest BCUT2D eigenvalue weighted by Gasteiger charge is 2.45. The maximum absolute atomic E-state index is 13.1. The van der Waals surface area contributed by atoms with Crippen molar-refractivity contribution in [3.63, 3.8) is 0 Å². The van der Waals surface area contributed by atoms with Crippen LogP contribution in [-0.2, 0) is 5.41 Å². The number of phenols is 1. The highest BCUT2D eigenvalue weighted by Crippen LogP contribution is 2.52. The highest BCUT2D eigenvalue weighted by atomic mass is 19.1. The molecule has 0 spiro atoms. The summed E-state index contributed by atoms with van der Waals surface area (Å²) in [6, 6.07) is 2.90. The lowest BCUT2D eigenvalue weighted by atomic mass is 9.94. The van der Waals surface area contributed by atoms with Gasteiger partial charge in [-0.1, -0.05) is 6.07 Å². The smallest absolute Gasteiger partial charge is 0.194 e. The molecule has 0 saturated heterocycles. The third-order valence-electron chi connectivity index (χ3n) is 3.10. The number of aromatic hydroxyl groups is 1. The maximum atomic E-state index is 13.1. The first-order chi connectivity index (χ1) is 7.14. The normalized spacial score (nSPS) is 17.5. The highest BCUT2D eigenvalue weighted by molar-refractivity contribution is 5.52. The van der Waals surface area contributed by atoms with Crippen molar-refractivity contribution in [2.75, 3.05) is 13.7 Å². The lowest BCUT2D eigenvalue weighted by molar-refractivity contribution is 0.349. The van der Waals surface area contributed by atoms with Crippen LogP contribution in [0.4, 0.5) is 4.39 Å². The van der Waals surface area contributed by atoms with Crippen LogP contribution in [-0.4, -0.2) is 18.8 Å². The van der Waals surface area contributed by atoms with Crippen LogP contribution in [0.2, 0.25) is 0 Å². The van der Waals surface area contributed by atoms with Gasteiger partial charge in [0, 0.05) is 17.5 Å². The molecule has 0 bridgehead atoms. The van der Waals surface area contributed by atoms with E-state index in [1.165, 1.54) is 13.2 Å². The fourth-order valence-corrected chi connectivity index (χ4v) is 1.91. The zero-order valence-corrected chi connectivity index (χ0v) is 8.59. The SMILES string of the molecule is COc1c(C2(CN)CC2)ccc(F)c1O. The Balaban J connectivity index is 2.52. The summed E-state index contributed by atoms with van der Waals surface area (Å²) in [6.07, 6.45) is 1.93. The molecular weight excluding hydrogens is 197 g/mol. The van der Waals surface area contributed by atoms with E-state index >= 15 is 0 Å². The van der Waals surface area contributed by atoms with Gasteiger partial charge in [-0.15, -0.1) is 0 Å². The van der Waals surface area contributed by atoms with E-state index in [-0.39, 0.29) is 11.2 Å². The summed E-state index contributed by atoms with van der Waals surface area (Å²) in [6.45, 7) is 0.494. The molecule has 1 aromatic carbocycles. The molecule has 1 fully saturated rings. The van der Waals surface area contributed by atoms with Crippen LogP contribution in [0, 0.1) is 5.82 Å². The number of halogens is 1. The Morgan fingerprint density at radius 3 is 2.67 bits per heavy atom. The Kier molecular flexibility index (Phi) is 2.31. The fraction of sp³-hybridized carbons (Fsp3) is 0.455. The number of hydrogen-bond donors (Lipinski definition) is 2. The van der Waals surface area contributed by atoms with Gasteiger partial charge in [0.25, 0.3) is 0 Å². The summed E-state index contributed by atoms with van der Waals surface area (Å²) < 4.78 is 18.1. The number of phenolic OH excluding ortho intramolecular Hbond substituents is 1. The van der Waals surface area contributed by atoms with E-state index in [9.17, 15) is 9.50 Å². The molecule has 2 rings (SSSR count). The topological polar surface area (TPSA) is 55.5 Å². The first kappa shape index (κ1) is 10.2. The molecule has 3 nitrogen and oxygen atoms in total. The maximum Gasteiger partial charge on any atom is 0.194 e. The van der Waals surface area contributed by atoms with Gasteiger partial charge >= 0.3 is 0 Å². The third kappa shape index (κ3) is 1.45. The molecule has 1 aliphatic carbocycles. The Morgan fingerprint density at radius 1 is 1.53 bits per heavy atom. The molecule has 82 valence electrons. The van der Waals surface area contributed by atoms with Gasteiger partial charge in [0.2, 0.25) is 0 Å². The van der Waals surface area contributed by atoms with Crippen molar-refractivity contribution in [1.82, 2.24) is 0 Å². The molecule has 0 radical (unpaired) electrons. The average molecular weight is 211 g/mol. The van der Waals surface area contributed by atoms with Crippen molar-refractivity contribution in [3.05, 3.63) is 23.5 Å². The molecule has 0 aliphatic heterocycles.